The van der Waals surface area contributed by atoms with E-state index in [2.05, 4.69) is 10.3 Å². The number of carbonyl (C=O) groups excluding carboxylic acids is 2. The fourth-order valence-corrected chi connectivity index (χ4v) is 4.05. The number of ether oxygens (including phenoxy) is 2. The number of pyridine rings is 1. The summed E-state index contributed by atoms with van der Waals surface area (Å²) in [4.78, 5) is 31.6. The summed E-state index contributed by atoms with van der Waals surface area (Å²) in [7, 11) is 3.11. The van der Waals surface area contributed by atoms with Crippen molar-refractivity contribution in [1.82, 2.24) is 15.2 Å². The Balaban J connectivity index is 1.53. The summed E-state index contributed by atoms with van der Waals surface area (Å²) >= 11 is 1.48. The summed E-state index contributed by atoms with van der Waals surface area (Å²) in [6.07, 6.45) is 5.33. The van der Waals surface area contributed by atoms with Crippen molar-refractivity contribution in [3.05, 3.63) is 47.7 Å². The van der Waals surface area contributed by atoms with Crippen LogP contribution in [0.5, 0.6) is 11.5 Å². The number of methoxy groups -OCH3 is 2. The molecule has 0 radical (unpaired) electrons. The number of nitrogens with one attached hydrogen (secondary N) is 1. The fourth-order valence-electron chi connectivity index (χ4n) is 3.50. The number of rotatable bonds is 7. The molecule has 3 rings (SSSR count). The molecule has 0 spiro atoms. The Kier molecular flexibility index (Phi) is 7.57. The van der Waals surface area contributed by atoms with Gasteiger partial charge in [-0.15, -0.1) is 11.8 Å². The fraction of sp³-hybridized carbons (Fsp3) is 0.409. The van der Waals surface area contributed by atoms with Crippen molar-refractivity contribution in [2.45, 2.75) is 17.9 Å². The Bertz CT molecular complexity index is 875. The zero-order valence-electron chi connectivity index (χ0n) is 17.5. The Hall–Kier alpha value is -2.74. The van der Waals surface area contributed by atoms with Crippen LogP contribution in [0.3, 0.4) is 0 Å². The van der Waals surface area contributed by atoms with Crippen molar-refractivity contribution >= 4 is 23.6 Å². The lowest BCUT2D eigenvalue weighted by Crippen LogP contribution is -2.41. The molecule has 1 N–H and O–H groups in total. The van der Waals surface area contributed by atoms with Crippen molar-refractivity contribution in [2.75, 3.05) is 40.1 Å². The van der Waals surface area contributed by atoms with Crippen LogP contribution in [0.15, 0.2) is 41.6 Å². The standard InChI is InChI=1S/C22H27N3O4S/c1-28-17-11-16(12-18(13-17)29-2)20(26)24-14-15-6-9-25(10-7-15)22(27)19-5-4-8-23-21(19)30-3/h4-5,8,11-13,15H,6-7,9-10,14H2,1-3H3,(H,24,26). The van der Waals surface area contributed by atoms with Gasteiger partial charge in [-0.25, -0.2) is 4.98 Å². The highest BCUT2D eigenvalue weighted by molar-refractivity contribution is 7.98. The van der Waals surface area contributed by atoms with E-state index in [4.69, 9.17) is 9.47 Å². The third kappa shape index (κ3) is 5.24. The van der Waals surface area contributed by atoms with E-state index in [1.54, 1.807) is 44.7 Å². The molecule has 30 heavy (non-hydrogen) atoms. The molecule has 1 aromatic carbocycles. The first-order valence-electron chi connectivity index (χ1n) is 9.85. The van der Waals surface area contributed by atoms with Gasteiger partial charge in [0.1, 0.15) is 16.5 Å². The van der Waals surface area contributed by atoms with Crippen LogP contribution in [0.1, 0.15) is 33.6 Å². The second-order valence-electron chi connectivity index (χ2n) is 7.11. The molecule has 2 heterocycles. The lowest BCUT2D eigenvalue weighted by atomic mass is 9.96. The maximum absolute atomic E-state index is 12.8. The van der Waals surface area contributed by atoms with Gasteiger partial charge in [-0.05, 0) is 49.3 Å². The molecule has 160 valence electrons. The third-order valence-electron chi connectivity index (χ3n) is 5.26. The summed E-state index contributed by atoms with van der Waals surface area (Å²) in [5, 5.41) is 3.75. The molecule has 0 unspecified atom stereocenters. The normalized spacial score (nSPS) is 14.3. The number of amides is 2. The molecule has 2 amide bonds. The van der Waals surface area contributed by atoms with Crippen LogP contribution >= 0.6 is 11.8 Å². The van der Waals surface area contributed by atoms with Gasteiger partial charge in [-0.2, -0.15) is 0 Å². The minimum Gasteiger partial charge on any atom is -0.497 e. The molecule has 2 aromatic rings. The van der Waals surface area contributed by atoms with Gasteiger partial charge >= 0.3 is 0 Å². The number of aromatic nitrogens is 1. The number of thioether (sulfide) groups is 1. The highest BCUT2D eigenvalue weighted by atomic mass is 32.2. The van der Waals surface area contributed by atoms with Crippen LogP contribution in [0.4, 0.5) is 0 Å². The van der Waals surface area contributed by atoms with Gasteiger partial charge in [0.25, 0.3) is 11.8 Å². The molecule has 0 bridgehead atoms. The smallest absolute Gasteiger partial charge is 0.256 e. The van der Waals surface area contributed by atoms with Crippen LogP contribution in [-0.4, -0.2) is 61.8 Å². The molecule has 8 heteroatoms. The van der Waals surface area contributed by atoms with Gasteiger partial charge in [-0.3, -0.25) is 9.59 Å². The van der Waals surface area contributed by atoms with E-state index in [0.29, 0.717) is 48.2 Å². The van der Waals surface area contributed by atoms with Gasteiger partial charge in [-0.1, -0.05) is 0 Å². The Morgan fingerprint density at radius 1 is 1.17 bits per heavy atom. The molecular weight excluding hydrogens is 402 g/mol. The summed E-state index contributed by atoms with van der Waals surface area (Å²) in [5.74, 6) is 1.35. The van der Waals surface area contributed by atoms with E-state index < -0.39 is 0 Å². The zero-order valence-corrected chi connectivity index (χ0v) is 18.3. The molecule has 1 aliphatic heterocycles. The van der Waals surface area contributed by atoms with E-state index in [9.17, 15) is 9.59 Å². The molecule has 0 saturated carbocycles. The van der Waals surface area contributed by atoms with Crippen molar-refractivity contribution in [3.63, 3.8) is 0 Å². The van der Waals surface area contributed by atoms with E-state index in [-0.39, 0.29) is 11.8 Å². The van der Waals surface area contributed by atoms with Crippen LogP contribution in [0, 0.1) is 5.92 Å². The molecule has 1 aromatic heterocycles. The molecule has 0 aliphatic carbocycles. The largest absolute Gasteiger partial charge is 0.497 e. The number of piperidine rings is 1. The van der Waals surface area contributed by atoms with Gasteiger partial charge in [0.2, 0.25) is 0 Å². The SMILES string of the molecule is COc1cc(OC)cc(C(=O)NCC2CCN(C(=O)c3cccnc3SC)CC2)c1. The van der Waals surface area contributed by atoms with Gasteiger partial charge < -0.3 is 19.7 Å². The van der Waals surface area contributed by atoms with Crippen LogP contribution in [-0.2, 0) is 0 Å². The summed E-state index contributed by atoms with van der Waals surface area (Å²) in [6.45, 7) is 1.92. The van der Waals surface area contributed by atoms with Crippen LogP contribution in [0.2, 0.25) is 0 Å². The quantitative estimate of drug-likeness (QED) is 0.681. The summed E-state index contributed by atoms with van der Waals surface area (Å²) in [5.41, 5.74) is 1.16. The number of hydrogen-bond acceptors (Lipinski definition) is 6. The topological polar surface area (TPSA) is 80.8 Å². The second-order valence-corrected chi connectivity index (χ2v) is 7.90. The molecular formula is C22H27N3O4S. The predicted molar refractivity (Wildman–Crippen MR) is 117 cm³/mol. The van der Waals surface area contributed by atoms with Gasteiger partial charge in [0.15, 0.2) is 0 Å². The average Bonchev–Trinajstić information content (AvgIpc) is 2.81. The average molecular weight is 430 g/mol. The minimum atomic E-state index is -0.161. The van der Waals surface area contributed by atoms with Crippen molar-refractivity contribution in [3.8, 4) is 11.5 Å². The molecule has 0 atom stereocenters. The second kappa shape index (κ2) is 10.3. The van der Waals surface area contributed by atoms with Crippen LogP contribution in [0.25, 0.3) is 0 Å². The van der Waals surface area contributed by atoms with E-state index in [1.807, 2.05) is 17.2 Å². The highest BCUT2D eigenvalue weighted by Crippen LogP contribution is 2.24. The molecule has 7 nitrogen and oxygen atoms in total. The van der Waals surface area contributed by atoms with Gasteiger partial charge in [0.05, 0.1) is 19.8 Å². The molecule has 1 aliphatic rings. The number of likely N-dealkylation sites (tertiary alicyclic amines) is 1. The number of benzene rings is 1. The number of hydrogen-bond donors (Lipinski definition) is 1. The molecule has 1 saturated heterocycles. The third-order valence-corrected chi connectivity index (χ3v) is 5.97. The van der Waals surface area contributed by atoms with E-state index >= 15 is 0 Å². The maximum atomic E-state index is 12.8. The minimum absolute atomic E-state index is 0.0263. The Morgan fingerprint density at radius 2 is 1.83 bits per heavy atom. The number of nitrogens with zero attached hydrogens (tertiary/aromatic N) is 2. The Morgan fingerprint density at radius 3 is 2.43 bits per heavy atom. The molecule has 1 fully saturated rings. The predicted octanol–water partition coefficient (Wildman–Crippen LogP) is 3.10. The monoisotopic (exact) mass is 429 g/mol. The van der Waals surface area contributed by atoms with Gasteiger partial charge in [0, 0.05) is 37.5 Å². The summed E-state index contributed by atoms with van der Waals surface area (Å²) in [6, 6.07) is 8.74. The first-order valence-corrected chi connectivity index (χ1v) is 11.1. The van der Waals surface area contributed by atoms with Crippen molar-refractivity contribution in [1.29, 1.82) is 0 Å². The maximum Gasteiger partial charge on any atom is 0.256 e. The number of carbonyl (C=O) groups is 2. The first-order chi connectivity index (χ1) is 14.5. The van der Waals surface area contributed by atoms with E-state index in [0.717, 1.165) is 17.9 Å². The lowest BCUT2D eigenvalue weighted by molar-refractivity contribution is 0.0680. The Labute approximate surface area is 181 Å². The zero-order chi connectivity index (χ0) is 21.5. The van der Waals surface area contributed by atoms with Crippen LogP contribution < -0.4 is 14.8 Å². The highest BCUT2D eigenvalue weighted by Gasteiger charge is 2.25. The van der Waals surface area contributed by atoms with E-state index in [1.165, 1.54) is 11.8 Å². The van der Waals surface area contributed by atoms with Crippen molar-refractivity contribution < 1.29 is 19.1 Å². The first kappa shape index (κ1) is 22.0. The lowest BCUT2D eigenvalue weighted by Gasteiger charge is -2.32. The van der Waals surface area contributed by atoms with Crippen molar-refractivity contribution in [2.24, 2.45) is 5.92 Å². The summed E-state index contributed by atoms with van der Waals surface area (Å²) < 4.78 is 10.5.